The van der Waals surface area contributed by atoms with Crippen LogP contribution >= 0.6 is 23.6 Å². The number of piperidine rings is 1. The van der Waals surface area contributed by atoms with Gasteiger partial charge in [0.05, 0.1) is 17.7 Å². The third-order valence-electron chi connectivity index (χ3n) is 5.39. The van der Waals surface area contributed by atoms with E-state index in [4.69, 9.17) is 16.6 Å². The van der Waals surface area contributed by atoms with E-state index < -0.39 is 6.04 Å². The number of aromatic nitrogens is 3. The maximum Gasteiger partial charge on any atom is 0.245 e. The molecule has 3 aromatic heterocycles. The van der Waals surface area contributed by atoms with Crippen molar-refractivity contribution >= 4 is 35.4 Å². The highest BCUT2D eigenvalue weighted by Crippen LogP contribution is 2.27. The number of aromatic amines is 1. The predicted octanol–water partition coefficient (Wildman–Crippen LogP) is 3.38. The maximum absolute atomic E-state index is 13.1. The Labute approximate surface area is 182 Å². The number of likely N-dealkylation sites (tertiary alicyclic amines) is 1. The van der Waals surface area contributed by atoms with Crippen LogP contribution < -0.4 is 5.32 Å². The topological polar surface area (TPSA) is 96.2 Å². The average Bonchev–Trinajstić information content (AvgIpc) is 3.52. The van der Waals surface area contributed by atoms with Crippen molar-refractivity contribution in [2.75, 3.05) is 13.1 Å². The Kier molecular flexibility index (Phi) is 6.14. The summed E-state index contributed by atoms with van der Waals surface area (Å²) in [7, 11) is 0. The van der Waals surface area contributed by atoms with Crippen molar-refractivity contribution in [3.8, 4) is 10.7 Å². The molecule has 3 aromatic rings. The van der Waals surface area contributed by atoms with Crippen molar-refractivity contribution in [1.29, 1.82) is 0 Å². The molecule has 0 aromatic carbocycles. The van der Waals surface area contributed by atoms with Gasteiger partial charge >= 0.3 is 0 Å². The molecule has 1 aliphatic heterocycles. The monoisotopic (exact) mass is 445 g/mol. The Balaban J connectivity index is 1.36. The molecule has 2 N–H and O–H groups in total. The lowest BCUT2D eigenvalue weighted by Crippen LogP contribution is -2.45. The molecule has 30 heavy (non-hydrogen) atoms. The molecule has 1 aliphatic rings. The average molecular weight is 446 g/mol. The molecule has 4 heterocycles. The molecular weight excluding hydrogens is 422 g/mol. The number of hydrogen-bond donors (Lipinski definition) is 2. The van der Waals surface area contributed by atoms with Gasteiger partial charge in [-0.3, -0.25) is 19.3 Å². The van der Waals surface area contributed by atoms with Gasteiger partial charge in [0.25, 0.3) is 0 Å². The van der Waals surface area contributed by atoms with Crippen molar-refractivity contribution in [3.05, 3.63) is 46.4 Å². The zero-order valence-corrected chi connectivity index (χ0v) is 18.2. The number of H-pyrrole nitrogens is 1. The first kappa shape index (κ1) is 20.5. The second kappa shape index (κ2) is 8.97. The maximum atomic E-state index is 13.1. The van der Waals surface area contributed by atoms with Gasteiger partial charge in [-0.15, -0.1) is 11.3 Å². The van der Waals surface area contributed by atoms with Crippen LogP contribution in [-0.2, 0) is 16.1 Å². The summed E-state index contributed by atoms with van der Waals surface area (Å²) in [6.07, 6.45) is 2.86. The molecule has 158 valence electrons. The summed E-state index contributed by atoms with van der Waals surface area (Å²) in [5, 5.41) is 12.0. The SMILES string of the molecule is CC(C(=O)N1CCC(C(=O)NCc2ccco2)CC1)n1c(-c2cccs2)n[nH]c1=S. The van der Waals surface area contributed by atoms with Crippen LogP contribution in [0.4, 0.5) is 0 Å². The van der Waals surface area contributed by atoms with Gasteiger partial charge < -0.3 is 14.6 Å². The molecule has 1 saturated heterocycles. The third kappa shape index (κ3) is 4.24. The van der Waals surface area contributed by atoms with E-state index in [1.165, 1.54) is 0 Å². The van der Waals surface area contributed by atoms with Crippen molar-refractivity contribution in [3.63, 3.8) is 0 Å². The van der Waals surface area contributed by atoms with Crippen LogP contribution in [0.5, 0.6) is 0 Å². The summed E-state index contributed by atoms with van der Waals surface area (Å²) in [4.78, 5) is 28.3. The molecule has 0 bridgehead atoms. The highest BCUT2D eigenvalue weighted by atomic mass is 32.1. The first-order valence-corrected chi connectivity index (χ1v) is 11.1. The summed E-state index contributed by atoms with van der Waals surface area (Å²) in [5.74, 6) is 1.28. The van der Waals surface area contributed by atoms with Crippen LogP contribution in [0, 0.1) is 10.7 Å². The fraction of sp³-hybridized carbons (Fsp3) is 0.400. The van der Waals surface area contributed by atoms with Gasteiger partial charge in [-0.1, -0.05) is 6.07 Å². The van der Waals surface area contributed by atoms with Gasteiger partial charge in [0.15, 0.2) is 10.6 Å². The minimum atomic E-state index is -0.474. The lowest BCUT2D eigenvalue weighted by molar-refractivity contribution is -0.138. The van der Waals surface area contributed by atoms with Gasteiger partial charge in [0, 0.05) is 19.0 Å². The largest absolute Gasteiger partial charge is 0.467 e. The van der Waals surface area contributed by atoms with E-state index in [0.717, 1.165) is 10.6 Å². The molecule has 0 saturated carbocycles. The molecular formula is C20H23N5O3S2. The molecule has 1 fully saturated rings. The predicted molar refractivity (Wildman–Crippen MR) is 115 cm³/mol. The highest BCUT2D eigenvalue weighted by Gasteiger charge is 2.31. The number of amides is 2. The number of nitrogens with zero attached hydrogens (tertiary/aromatic N) is 3. The van der Waals surface area contributed by atoms with E-state index in [2.05, 4.69) is 15.5 Å². The van der Waals surface area contributed by atoms with E-state index in [9.17, 15) is 9.59 Å². The van der Waals surface area contributed by atoms with Crippen molar-refractivity contribution in [2.24, 2.45) is 5.92 Å². The Morgan fingerprint density at radius 3 is 2.83 bits per heavy atom. The lowest BCUT2D eigenvalue weighted by Gasteiger charge is -2.33. The Morgan fingerprint density at radius 1 is 1.37 bits per heavy atom. The van der Waals surface area contributed by atoms with E-state index in [1.807, 2.05) is 35.4 Å². The summed E-state index contributed by atoms with van der Waals surface area (Å²) in [6, 6.07) is 7.04. The van der Waals surface area contributed by atoms with E-state index in [1.54, 1.807) is 28.2 Å². The minimum Gasteiger partial charge on any atom is -0.467 e. The zero-order valence-electron chi connectivity index (χ0n) is 16.5. The summed E-state index contributed by atoms with van der Waals surface area (Å²) in [6.45, 7) is 3.31. The molecule has 1 atom stereocenters. The Bertz CT molecular complexity index is 1050. The molecule has 4 rings (SSSR count). The zero-order chi connectivity index (χ0) is 21.1. The van der Waals surface area contributed by atoms with Crippen LogP contribution in [0.25, 0.3) is 10.7 Å². The van der Waals surface area contributed by atoms with Crippen LogP contribution in [0.15, 0.2) is 40.3 Å². The van der Waals surface area contributed by atoms with Crippen molar-refractivity contribution in [2.45, 2.75) is 32.4 Å². The first-order chi connectivity index (χ1) is 14.5. The highest BCUT2D eigenvalue weighted by molar-refractivity contribution is 7.71. The van der Waals surface area contributed by atoms with Crippen LogP contribution in [0.1, 0.15) is 31.6 Å². The standard InChI is InChI=1S/C20H23N5O3S2/c1-13(25-17(22-23-20(25)29)16-5-3-11-30-16)19(27)24-8-6-14(7-9-24)18(26)21-12-15-4-2-10-28-15/h2-5,10-11,13-14H,6-9,12H2,1H3,(H,21,26)(H,23,29). The third-order valence-corrected chi connectivity index (χ3v) is 6.54. The number of furan rings is 1. The van der Waals surface area contributed by atoms with Gasteiger partial charge in [0.2, 0.25) is 11.8 Å². The van der Waals surface area contributed by atoms with Crippen molar-refractivity contribution in [1.82, 2.24) is 25.0 Å². The van der Waals surface area contributed by atoms with Crippen LogP contribution in [0.2, 0.25) is 0 Å². The molecule has 0 spiro atoms. The van der Waals surface area contributed by atoms with Crippen molar-refractivity contribution < 1.29 is 14.0 Å². The van der Waals surface area contributed by atoms with E-state index in [-0.39, 0.29) is 17.7 Å². The number of thiophene rings is 1. The number of carbonyl (C=O) groups is 2. The fourth-order valence-electron chi connectivity index (χ4n) is 3.71. The molecule has 10 heteroatoms. The number of rotatable bonds is 6. The second-order valence-electron chi connectivity index (χ2n) is 7.27. The molecule has 1 unspecified atom stereocenters. The normalized spacial score (nSPS) is 15.8. The van der Waals surface area contributed by atoms with Gasteiger partial charge in [-0.05, 0) is 55.6 Å². The smallest absolute Gasteiger partial charge is 0.245 e. The van der Waals surface area contributed by atoms with E-state index >= 15 is 0 Å². The Morgan fingerprint density at radius 2 is 2.17 bits per heavy atom. The second-order valence-corrected chi connectivity index (χ2v) is 8.61. The quantitative estimate of drug-likeness (QED) is 0.567. The molecule has 0 radical (unpaired) electrons. The summed E-state index contributed by atoms with van der Waals surface area (Å²) in [5.41, 5.74) is 0. The molecule has 2 amide bonds. The minimum absolute atomic E-state index is 0.00332. The Hall–Kier alpha value is -2.72. The molecule has 0 aliphatic carbocycles. The van der Waals surface area contributed by atoms with Gasteiger partial charge in [0.1, 0.15) is 11.8 Å². The van der Waals surface area contributed by atoms with Gasteiger partial charge in [-0.25, -0.2) is 0 Å². The van der Waals surface area contributed by atoms with E-state index in [0.29, 0.717) is 43.1 Å². The number of carbonyl (C=O) groups excluding carboxylic acids is 2. The van der Waals surface area contributed by atoms with Gasteiger partial charge in [-0.2, -0.15) is 5.10 Å². The fourth-order valence-corrected chi connectivity index (χ4v) is 4.71. The molecule has 8 nitrogen and oxygen atoms in total. The number of hydrogen-bond acceptors (Lipinski definition) is 6. The summed E-state index contributed by atoms with van der Waals surface area (Å²) < 4.78 is 7.43. The van der Waals surface area contributed by atoms with Crippen LogP contribution in [0.3, 0.4) is 0 Å². The summed E-state index contributed by atoms with van der Waals surface area (Å²) >= 11 is 6.93. The lowest BCUT2D eigenvalue weighted by atomic mass is 9.95. The first-order valence-electron chi connectivity index (χ1n) is 9.84. The van der Waals surface area contributed by atoms with Crippen LogP contribution in [-0.4, -0.2) is 44.6 Å². The number of nitrogens with one attached hydrogen (secondary N) is 2.